The first kappa shape index (κ1) is 18.3. The van der Waals surface area contributed by atoms with Crippen LogP contribution in [0.4, 0.5) is 8.78 Å². The highest BCUT2D eigenvalue weighted by Gasteiger charge is 2.34. The molecule has 0 radical (unpaired) electrons. The molecule has 0 bridgehead atoms. The SMILES string of the molecule is O=C(COc1ccccc1F)N1CCC(O)(Cc2ccccc2F)CC1. The van der Waals surface area contributed by atoms with Crippen molar-refractivity contribution in [2.45, 2.75) is 24.9 Å². The number of hydrogen-bond donors (Lipinski definition) is 1. The molecule has 26 heavy (non-hydrogen) atoms. The summed E-state index contributed by atoms with van der Waals surface area (Å²) in [7, 11) is 0. The number of aliphatic hydroxyl groups is 1. The largest absolute Gasteiger partial charge is 0.481 e. The summed E-state index contributed by atoms with van der Waals surface area (Å²) in [5, 5.41) is 10.7. The van der Waals surface area contributed by atoms with E-state index in [1.54, 1.807) is 35.2 Å². The molecule has 1 N–H and O–H groups in total. The van der Waals surface area contributed by atoms with Crippen LogP contribution in [0.2, 0.25) is 0 Å². The van der Waals surface area contributed by atoms with Crippen LogP contribution in [0.25, 0.3) is 0 Å². The molecule has 6 heteroatoms. The van der Waals surface area contributed by atoms with Gasteiger partial charge in [-0.25, -0.2) is 8.78 Å². The van der Waals surface area contributed by atoms with E-state index < -0.39 is 11.4 Å². The fourth-order valence-electron chi connectivity index (χ4n) is 3.14. The Bertz CT molecular complexity index is 773. The van der Waals surface area contributed by atoms with Gasteiger partial charge < -0.3 is 14.7 Å². The number of carbonyl (C=O) groups is 1. The zero-order valence-corrected chi connectivity index (χ0v) is 14.3. The summed E-state index contributed by atoms with van der Waals surface area (Å²) in [4.78, 5) is 13.8. The lowest BCUT2D eigenvalue weighted by molar-refractivity contribution is -0.137. The lowest BCUT2D eigenvalue weighted by Gasteiger charge is -2.38. The lowest BCUT2D eigenvalue weighted by atomic mass is 9.85. The standard InChI is InChI=1S/C20H21F2NO3/c21-16-6-2-1-5-15(16)13-20(25)9-11-23(12-10-20)19(24)14-26-18-8-4-3-7-17(18)22/h1-8,25H,9-14H2. The molecule has 1 heterocycles. The number of likely N-dealkylation sites (tertiary alicyclic amines) is 1. The van der Waals surface area contributed by atoms with Gasteiger partial charge in [0, 0.05) is 19.5 Å². The van der Waals surface area contributed by atoms with Crippen molar-refractivity contribution in [2.24, 2.45) is 0 Å². The molecule has 4 nitrogen and oxygen atoms in total. The number of halogens is 2. The van der Waals surface area contributed by atoms with Gasteiger partial charge in [-0.1, -0.05) is 30.3 Å². The van der Waals surface area contributed by atoms with Crippen LogP contribution in [-0.4, -0.2) is 41.2 Å². The first-order valence-corrected chi connectivity index (χ1v) is 8.58. The van der Waals surface area contributed by atoms with Crippen molar-refractivity contribution in [2.75, 3.05) is 19.7 Å². The number of para-hydroxylation sites is 1. The van der Waals surface area contributed by atoms with Gasteiger partial charge in [-0.3, -0.25) is 4.79 Å². The zero-order chi connectivity index (χ0) is 18.6. The van der Waals surface area contributed by atoms with Crippen LogP contribution < -0.4 is 4.74 Å². The molecule has 0 aromatic heterocycles. The molecule has 138 valence electrons. The van der Waals surface area contributed by atoms with Crippen LogP contribution in [0.3, 0.4) is 0 Å². The number of hydrogen-bond acceptors (Lipinski definition) is 3. The van der Waals surface area contributed by atoms with Crippen molar-refractivity contribution in [1.29, 1.82) is 0 Å². The molecule has 1 amide bonds. The maximum absolute atomic E-state index is 13.8. The number of piperidine rings is 1. The third-order valence-corrected chi connectivity index (χ3v) is 4.71. The van der Waals surface area contributed by atoms with E-state index in [1.165, 1.54) is 18.2 Å². The van der Waals surface area contributed by atoms with Gasteiger partial charge in [0.25, 0.3) is 5.91 Å². The molecule has 0 aliphatic carbocycles. The van der Waals surface area contributed by atoms with E-state index >= 15 is 0 Å². The summed E-state index contributed by atoms with van der Waals surface area (Å²) < 4.78 is 32.5. The molecule has 3 rings (SSSR count). The molecule has 1 aliphatic heterocycles. The Morgan fingerprint density at radius 1 is 1.04 bits per heavy atom. The average molecular weight is 361 g/mol. The Labute approximate surface area is 151 Å². The summed E-state index contributed by atoms with van der Waals surface area (Å²) in [6, 6.07) is 12.3. The lowest BCUT2D eigenvalue weighted by Crippen LogP contribution is -2.49. The Balaban J connectivity index is 1.52. The van der Waals surface area contributed by atoms with Gasteiger partial charge in [-0.2, -0.15) is 0 Å². The molecular formula is C20H21F2NO3. The molecule has 1 fully saturated rings. The van der Waals surface area contributed by atoms with Crippen molar-refractivity contribution >= 4 is 5.91 Å². The molecule has 2 aromatic rings. The van der Waals surface area contributed by atoms with E-state index in [2.05, 4.69) is 0 Å². The predicted octanol–water partition coefficient (Wildman–Crippen LogP) is 2.94. The van der Waals surface area contributed by atoms with Crippen LogP contribution in [0.15, 0.2) is 48.5 Å². The van der Waals surface area contributed by atoms with Gasteiger partial charge in [-0.15, -0.1) is 0 Å². The third-order valence-electron chi connectivity index (χ3n) is 4.71. The minimum absolute atomic E-state index is 0.0360. The van der Waals surface area contributed by atoms with Gasteiger partial charge in [0.05, 0.1) is 5.60 Å². The normalized spacial score (nSPS) is 16.3. The van der Waals surface area contributed by atoms with Gasteiger partial charge in [0.1, 0.15) is 5.82 Å². The Hall–Kier alpha value is -2.47. The van der Waals surface area contributed by atoms with Crippen molar-refractivity contribution in [3.63, 3.8) is 0 Å². The van der Waals surface area contributed by atoms with E-state index in [0.29, 0.717) is 31.5 Å². The summed E-state index contributed by atoms with van der Waals surface area (Å²) in [5.41, 5.74) is -0.566. The first-order chi connectivity index (χ1) is 12.5. The number of carbonyl (C=O) groups excluding carboxylic acids is 1. The van der Waals surface area contributed by atoms with Gasteiger partial charge in [0.2, 0.25) is 0 Å². The van der Waals surface area contributed by atoms with Gasteiger partial charge >= 0.3 is 0 Å². The van der Waals surface area contributed by atoms with Crippen LogP contribution in [0.1, 0.15) is 18.4 Å². The zero-order valence-electron chi connectivity index (χ0n) is 14.3. The van der Waals surface area contributed by atoms with E-state index in [0.717, 1.165) is 0 Å². The second-order valence-corrected chi connectivity index (χ2v) is 6.59. The van der Waals surface area contributed by atoms with Crippen molar-refractivity contribution in [1.82, 2.24) is 4.90 Å². The van der Waals surface area contributed by atoms with E-state index in [-0.39, 0.29) is 30.5 Å². The average Bonchev–Trinajstić information content (AvgIpc) is 2.63. The van der Waals surface area contributed by atoms with Crippen molar-refractivity contribution in [3.05, 3.63) is 65.7 Å². The van der Waals surface area contributed by atoms with Crippen LogP contribution >= 0.6 is 0 Å². The molecule has 0 unspecified atom stereocenters. The maximum Gasteiger partial charge on any atom is 0.260 e. The number of ether oxygens (including phenoxy) is 1. The third kappa shape index (κ3) is 4.38. The topological polar surface area (TPSA) is 49.8 Å². The minimum Gasteiger partial charge on any atom is -0.481 e. The highest BCUT2D eigenvalue weighted by molar-refractivity contribution is 5.77. The molecule has 0 spiro atoms. The van der Waals surface area contributed by atoms with Gasteiger partial charge in [-0.05, 0) is 36.6 Å². The molecule has 2 aromatic carbocycles. The summed E-state index contributed by atoms with van der Waals surface area (Å²) in [5.74, 6) is -1.08. The second kappa shape index (κ2) is 7.83. The van der Waals surface area contributed by atoms with E-state index in [4.69, 9.17) is 4.74 Å². The summed E-state index contributed by atoms with van der Waals surface area (Å²) >= 11 is 0. The van der Waals surface area contributed by atoms with Crippen LogP contribution in [-0.2, 0) is 11.2 Å². The Kier molecular flexibility index (Phi) is 5.52. The van der Waals surface area contributed by atoms with E-state index in [9.17, 15) is 18.7 Å². The highest BCUT2D eigenvalue weighted by Crippen LogP contribution is 2.27. The molecule has 1 aliphatic rings. The molecule has 0 atom stereocenters. The van der Waals surface area contributed by atoms with E-state index in [1.807, 2.05) is 0 Å². The fourth-order valence-corrected chi connectivity index (χ4v) is 3.14. The first-order valence-electron chi connectivity index (χ1n) is 8.58. The maximum atomic E-state index is 13.8. The van der Waals surface area contributed by atoms with Crippen LogP contribution in [0, 0.1) is 11.6 Å². The smallest absolute Gasteiger partial charge is 0.260 e. The van der Waals surface area contributed by atoms with Crippen LogP contribution in [0.5, 0.6) is 5.75 Å². The Morgan fingerprint density at radius 2 is 1.65 bits per heavy atom. The Morgan fingerprint density at radius 3 is 2.31 bits per heavy atom. The van der Waals surface area contributed by atoms with Crippen molar-refractivity contribution < 1.29 is 23.4 Å². The monoisotopic (exact) mass is 361 g/mol. The highest BCUT2D eigenvalue weighted by atomic mass is 19.1. The number of nitrogens with zero attached hydrogens (tertiary/aromatic N) is 1. The van der Waals surface area contributed by atoms with Gasteiger partial charge in [0.15, 0.2) is 18.2 Å². The second-order valence-electron chi connectivity index (χ2n) is 6.59. The molecular weight excluding hydrogens is 340 g/mol. The summed E-state index contributed by atoms with van der Waals surface area (Å²) in [6.07, 6.45) is 0.924. The number of benzene rings is 2. The minimum atomic E-state index is -1.04. The predicted molar refractivity (Wildman–Crippen MR) is 92.8 cm³/mol. The summed E-state index contributed by atoms with van der Waals surface area (Å²) in [6.45, 7) is 0.446. The van der Waals surface area contributed by atoms with Crippen molar-refractivity contribution in [3.8, 4) is 5.75 Å². The number of amides is 1. The molecule has 1 saturated heterocycles. The fraction of sp³-hybridized carbons (Fsp3) is 0.350. The quantitative estimate of drug-likeness (QED) is 0.891. The molecule has 0 saturated carbocycles. The number of rotatable bonds is 5.